The van der Waals surface area contributed by atoms with E-state index in [2.05, 4.69) is 15.5 Å². The second kappa shape index (κ2) is 8.20. The molecule has 158 valence electrons. The Morgan fingerprint density at radius 2 is 1.87 bits per heavy atom. The molecule has 0 aliphatic carbocycles. The van der Waals surface area contributed by atoms with Gasteiger partial charge in [-0.1, -0.05) is 23.2 Å². The maximum atomic E-state index is 15.0. The number of anilines is 2. The Hall–Kier alpha value is -3.10. The first-order chi connectivity index (χ1) is 14.8. The molecule has 2 heterocycles. The minimum atomic E-state index is -0.725. The first-order valence-electron chi connectivity index (χ1n) is 9.12. The lowest BCUT2D eigenvalue weighted by Gasteiger charge is -2.24. The fourth-order valence-corrected chi connectivity index (χ4v) is 3.81. The van der Waals surface area contributed by atoms with Crippen molar-refractivity contribution in [3.05, 3.63) is 70.0 Å². The van der Waals surface area contributed by atoms with Crippen LogP contribution in [0.1, 0.15) is 18.4 Å². The molecule has 3 aromatic rings. The van der Waals surface area contributed by atoms with E-state index >= 15 is 0 Å². The lowest BCUT2D eigenvalue weighted by Crippen LogP contribution is -2.40. The van der Waals surface area contributed by atoms with E-state index in [-0.39, 0.29) is 27.0 Å². The Labute approximate surface area is 185 Å². The first-order valence-corrected chi connectivity index (χ1v) is 9.88. The van der Waals surface area contributed by atoms with Crippen LogP contribution in [0, 0.1) is 11.6 Å². The van der Waals surface area contributed by atoms with Crippen molar-refractivity contribution in [3.63, 3.8) is 0 Å². The van der Waals surface area contributed by atoms with Gasteiger partial charge >= 0.3 is 0 Å². The summed E-state index contributed by atoms with van der Waals surface area (Å²) in [6.07, 6.45) is 2.77. The van der Waals surface area contributed by atoms with Crippen molar-refractivity contribution in [3.8, 4) is 11.1 Å². The highest BCUT2D eigenvalue weighted by Crippen LogP contribution is 2.43. The van der Waals surface area contributed by atoms with Gasteiger partial charge in [-0.25, -0.2) is 8.78 Å². The Kier molecular flexibility index (Phi) is 5.60. The number of hydrogen-bond acceptors (Lipinski definition) is 4. The monoisotopic (exact) mass is 462 g/mol. The number of aromatic nitrogens is 2. The Morgan fingerprint density at radius 3 is 2.61 bits per heavy atom. The maximum Gasteiger partial charge on any atom is 0.244 e. The van der Waals surface area contributed by atoms with E-state index < -0.39 is 35.9 Å². The van der Waals surface area contributed by atoms with E-state index in [1.54, 1.807) is 6.92 Å². The van der Waals surface area contributed by atoms with E-state index in [0.717, 1.165) is 17.0 Å². The molecule has 0 radical (unpaired) electrons. The molecule has 4 rings (SSSR count). The van der Waals surface area contributed by atoms with E-state index in [9.17, 15) is 18.4 Å². The number of fused-ring (bicyclic) bond motifs is 3. The second-order valence-corrected chi connectivity index (χ2v) is 7.81. The molecule has 31 heavy (non-hydrogen) atoms. The van der Waals surface area contributed by atoms with Crippen LogP contribution in [0.25, 0.3) is 11.1 Å². The standard InChI is InChI=1S/C21H14Cl2F2N4O2/c1-10-13-7-26-27-8-14(13)20-17(25)4-11(22)5-18(20)29(21(10)31)9-19(30)28-12-2-3-15(23)16(24)6-12/h2-8,10H,9H2,1H3,(H,28,30)/t10-/m1/s1. The van der Waals surface area contributed by atoms with Gasteiger partial charge in [0.05, 0.1) is 29.0 Å². The summed E-state index contributed by atoms with van der Waals surface area (Å²) in [5.74, 6) is -3.16. The molecule has 0 bridgehead atoms. The lowest BCUT2D eigenvalue weighted by molar-refractivity contribution is -0.122. The molecule has 0 saturated carbocycles. The summed E-state index contributed by atoms with van der Waals surface area (Å²) < 4.78 is 28.6. The summed E-state index contributed by atoms with van der Waals surface area (Å²) >= 11 is 11.7. The SMILES string of the molecule is C[C@H]1C(=O)N(CC(=O)Nc2ccc(Cl)c(F)c2)c2cc(Cl)cc(F)c2-c2cnncc21. The minimum Gasteiger partial charge on any atom is -0.324 e. The second-order valence-electron chi connectivity index (χ2n) is 6.96. The zero-order valence-electron chi connectivity index (χ0n) is 16.0. The van der Waals surface area contributed by atoms with Crippen molar-refractivity contribution in [2.45, 2.75) is 12.8 Å². The van der Waals surface area contributed by atoms with Gasteiger partial charge in [0.25, 0.3) is 0 Å². The molecule has 2 amide bonds. The first kappa shape index (κ1) is 21.1. The van der Waals surface area contributed by atoms with Gasteiger partial charge in [0.15, 0.2) is 0 Å². The Bertz CT molecular complexity index is 1220. The zero-order valence-corrected chi connectivity index (χ0v) is 17.5. The van der Waals surface area contributed by atoms with Crippen LogP contribution >= 0.6 is 23.2 Å². The smallest absolute Gasteiger partial charge is 0.244 e. The molecule has 2 aromatic carbocycles. The zero-order chi connectivity index (χ0) is 22.3. The van der Waals surface area contributed by atoms with Crippen LogP contribution in [-0.2, 0) is 9.59 Å². The van der Waals surface area contributed by atoms with E-state index in [1.165, 1.54) is 30.6 Å². The third kappa shape index (κ3) is 3.96. The van der Waals surface area contributed by atoms with E-state index in [0.29, 0.717) is 11.1 Å². The topological polar surface area (TPSA) is 75.2 Å². The average Bonchev–Trinajstić information content (AvgIpc) is 2.80. The predicted octanol–water partition coefficient (Wildman–Crippen LogP) is 4.82. The van der Waals surface area contributed by atoms with Crippen LogP contribution in [-0.4, -0.2) is 28.6 Å². The predicted molar refractivity (Wildman–Crippen MR) is 113 cm³/mol. The van der Waals surface area contributed by atoms with Crippen molar-refractivity contribution in [2.75, 3.05) is 16.8 Å². The van der Waals surface area contributed by atoms with Crippen molar-refractivity contribution in [2.24, 2.45) is 0 Å². The summed E-state index contributed by atoms with van der Waals surface area (Å²) in [4.78, 5) is 27.1. The van der Waals surface area contributed by atoms with Gasteiger partial charge in [-0.05, 0) is 42.8 Å². The molecule has 1 aliphatic heterocycles. The number of benzene rings is 2. The summed E-state index contributed by atoms with van der Waals surface area (Å²) in [5.41, 5.74) is 1.26. The van der Waals surface area contributed by atoms with Gasteiger partial charge in [-0.2, -0.15) is 10.2 Å². The number of rotatable bonds is 3. The van der Waals surface area contributed by atoms with Crippen molar-refractivity contribution in [1.82, 2.24) is 10.2 Å². The Morgan fingerprint density at radius 1 is 1.13 bits per heavy atom. The molecule has 1 aliphatic rings. The third-order valence-corrected chi connectivity index (χ3v) is 5.49. The van der Waals surface area contributed by atoms with E-state index in [1.807, 2.05) is 0 Å². The average molecular weight is 463 g/mol. The molecular formula is C21H14Cl2F2N4O2. The number of nitrogens with zero attached hydrogens (tertiary/aromatic N) is 3. The minimum absolute atomic E-state index is 0.0624. The fraction of sp³-hybridized carbons (Fsp3) is 0.143. The normalized spacial score (nSPS) is 15.2. The third-order valence-electron chi connectivity index (χ3n) is 4.96. The van der Waals surface area contributed by atoms with Crippen LogP contribution in [0.15, 0.2) is 42.7 Å². The van der Waals surface area contributed by atoms with Crippen molar-refractivity contribution < 1.29 is 18.4 Å². The number of carbonyl (C=O) groups is 2. The van der Waals surface area contributed by atoms with Crippen LogP contribution in [0.3, 0.4) is 0 Å². The van der Waals surface area contributed by atoms with Crippen LogP contribution in [0.2, 0.25) is 10.0 Å². The van der Waals surface area contributed by atoms with Crippen molar-refractivity contribution >= 4 is 46.4 Å². The molecule has 1 atom stereocenters. The van der Waals surface area contributed by atoms with Gasteiger partial charge in [0.2, 0.25) is 11.8 Å². The largest absolute Gasteiger partial charge is 0.324 e. The fourth-order valence-electron chi connectivity index (χ4n) is 3.49. The quantitative estimate of drug-likeness (QED) is 0.605. The summed E-state index contributed by atoms with van der Waals surface area (Å²) in [6.45, 7) is 1.18. The molecule has 1 N–H and O–H groups in total. The Balaban J connectivity index is 1.75. The van der Waals surface area contributed by atoms with E-state index in [4.69, 9.17) is 23.2 Å². The molecule has 6 nitrogen and oxygen atoms in total. The molecule has 1 aromatic heterocycles. The molecular weight excluding hydrogens is 449 g/mol. The van der Waals surface area contributed by atoms with Crippen LogP contribution < -0.4 is 10.2 Å². The van der Waals surface area contributed by atoms with Gasteiger partial charge in [-0.3, -0.25) is 9.59 Å². The highest BCUT2D eigenvalue weighted by Gasteiger charge is 2.34. The van der Waals surface area contributed by atoms with Gasteiger partial charge in [0.1, 0.15) is 18.2 Å². The molecule has 0 fully saturated rings. The summed E-state index contributed by atoms with van der Waals surface area (Å²) in [6, 6.07) is 6.32. The van der Waals surface area contributed by atoms with Gasteiger partial charge in [0, 0.05) is 21.8 Å². The number of halogens is 4. The highest BCUT2D eigenvalue weighted by atomic mass is 35.5. The summed E-state index contributed by atoms with van der Waals surface area (Å²) in [7, 11) is 0. The van der Waals surface area contributed by atoms with Crippen LogP contribution in [0.4, 0.5) is 20.2 Å². The van der Waals surface area contributed by atoms with Crippen LogP contribution in [0.5, 0.6) is 0 Å². The van der Waals surface area contributed by atoms with Gasteiger partial charge < -0.3 is 10.2 Å². The molecule has 10 heteroatoms. The summed E-state index contributed by atoms with van der Waals surface area (Å²) in [5, 5.41) is 10.1. The maximum absolute atomic E-state index is 15.0. The highest BCUT2D eigenvalue weighted by molar-refractivity contribution is 6.31. The van der Waals surface area contributed by atoms with Crippen molar-refractivity contribution in [1.29, 1.82) is 0 Å². The lowest BCUT2D eigenvalue weighted by atomic mass is 9.95. The molecule has 0 unspecified atom stereocenters. The number of amides is 2. The number of hydrogen-bond donors (Lipinski definition) is 1. The number of carbonyl (C=O) groups excluding carboxylic acids is 2. The molecule has 0 saturated heterocycles. The molecule has 0 spiro atoms. The van der Waals surface area contributed by atoms with Gasteiger partial charge in [-0.15, -0.1) is 0 Å². The number of nitrogens with one attached hydrogen (secondary N) is 1.